The van der Waals surface area contributed by atoms with E-state index in [1.807, 2.05) is 0 Å². The van der Waals surface area contributed by atoms with Crippen LogP contribution in [0.4, 0.5) is 4.39 Å². The van der Waals surface area contributed by atoms with Gasteiger partial charge in [0.2, 0.25) is 0 Å². The minimum Gasteiger partial charge on any atom is -0.347 e. The average molecular weight is 231 g/mol. The van der Waals surface area contributed by atoms with Crippen molar-refractivity contribution in [1.29, 1.82) is 0 Å². The van der Waals surface area contributed by atoms with Gasteiger partial charge in [0.15, 0.2) is 0 Å². The second kappa shape index (κ2) is 5.16. The SMILES string of the molecule is O=C(NCc1ccc(F)cc1)c1ccncn1. The number of nitrogens with zero attached hydrogens (tertiary/aromatic N) is 2. The lowest BCUT2D eigenvalue weighted by Gasteiger charge is -2.04. The van der Waals surface area contributed by atoms with Gasteiger partial charge < -0.3 is 5.32 Å². The summed E-state index contributed by atoms with van der Waals surface area (Å²) in [6.07, 6.45) is 2.81. The number of carbonyl (C=O) groups excluding carboxylic acids is 1. The van der Waals surface area contributed by atoms with Crippen LogP contribution in [0.3, 0.4) is 0 Å². The molecule has 0 aliphatic rings. The Bertz CT molecular complexity index is 499. The Labute approximate surface area is 97.5 Å². The third-order valence-corrected chi connectivity index (χ3v) is 2.18. The van der Waals surface area contributed by atoms with Crippen LogP contribution in [-0.4, -0.2) is 15.9 Å². The van der Waals surface area contributed by atoms with Crippen LogP contribution in [0.2, 0.25) is 0 Å². The summed E-state index contributed by atoms with van der Waals surface area (Å²) in [6.45, 7) is 0.336. The molecule has 1 N–H and O–H groups in total. The minimum atomic E-state index is -0.295. The van der Waals surface area contributed by atoms with Crippen molar-refractivity contribution in [3.8, 4) is 0 Å². The molecule has 0 aliphatic carbocycles. The Morgan fingerprint density at radius 1 is 1.24 bits per heavy atom. The lowest BCUT2D eigenvalue weighted by molar-refractivity contribution is 0.0945. The van der Waals surface area contributed by atoms with Gasteiger partial charge in [-0.15, -0.1) is 0 Å². The highest BCUT2D eigenvalue weighted by Crippen LogP contribution is 2.02. The third kappa shape index (κ3) is 3.07. The van der Waals surface area contributed by atoms with Gasteiger partial charge in [-0.05, 0) is 23.8 Å². The first kappa shape index (κ1) is 11.2. The van der Waals surface area contributed by atoms with Crippen molar-refractivity contribution in [3.63, 3.8) is 0 Å². The normalized spacial score (nSPS) is 9.94. The van der Waals surface area contributed by atoms with Crippen LogP contribution in [0.5, 0.6) is 0 Å². The van der Waals surface area contributed by atoms with E-state index in [-0.39, 0.29) is 11.7 Å². The Hall–Kier alpha value is -2.30. The standard InChI is InChI=1S/C12H10FN3O/c13-10-3-1-9(2-4-10)7-15-12(17)11-5-6-14-8-16-11/h1-6,8H,7H2,(H,15,17). The van der Waals surface area contributed by atoms with Crippen LogP contribution in [0, 0.1) is 5.82 Å². The van der Waals surface area contributed by atoms with E-state index in [1.165, 1.54) is 30.7 Å². The van der Waals surface area contributed by atoms with E-state index in [4.69, 9.17) is 0 Å². The molecular formula is C12H10FN3O. The molecule has 0 saturated heterocycles. The number of halogens is 1. The number of hydrogen-bond acceptors (Lipinski definition) is 3. The molecule has 0 radical (unpaired) electrons. The summed E-state index contributed by atoms with van der Waals surface area (Å²) < 4.78 is 12.6. The van der Waals surface area contributed by atoms with Gasteiger partial charge in [-0.1, -0.05) is 12.1 Å². The molecule has 4 nitrogen and oxygen atoms in total. The van der Waals surface area contributed by atoms with E-state index in [9.17, 15) is 9.18 Å². The molecule has 1 aromatic heterocycles. The predicted octanol–water partition coefficient (Wildman–Crippen LogP) is 1.55. The summed E-state index contributed by atoms with van der Waals surface area (Å²) in [5, 5.41) is 2.68. The van der Waals surface area contributed by atoms with Gasteiger partial charge in [0, 0.05) is 12.7 Å². The summed E-state index contributed by atoms with van der Waals surface area (Å²) in [5.41, 5.74) is 1.14. The van der Waals surface area contributed by atoms with E-state index in [2.05, 4.69) is 15.3 Å². The van der Waals surface area contributed by atoms with Crippen LogP contribution in [0.25, 0.3) is 0 Å². The molecule has 0 bridgehead atoms. The van der Waals surface area contributed by atoms with Gasteiger partial charge in [0.25, 0.3) is 5.91 Å². The number of aromatic nitrogens is 2. The van der Waals surface area contributed by atoms with Crippen molar-refractivity contribution in [2.24, 2.45) is 0 Å². The fraction of sp³-hybridized carbons (Fsp3) is 0.0833. The molecule has 0 saturated carbocycles. The van der Waals surface area contributed by atoms with Crippen molar-refractivity contribution < 1.29 is 9.18 Å². The monoisotopic (exact) mass is 231 g/mol. The van der Waals surface area contributed by atoms with Crippen molar-refractivity contribution >= 4 is 5.91 Å². The molecule has 17 heavy (non-hydrogen) atoms. The van der Waals surface area contributed by atoms with Gasteiger partial charge >= 0.3 is 0 Å². The van der Waals surface area contributed by atoms with Crippen molar-refractivity contribution in [1.82, 2.24) is 15.3 Å². The lowest BCUT2D eigenvalue weighted by Crippen LogP contribution is -2.23. The van der Waals surface area contributed by atoms with Gasteiger partial charge in [0.1, 0.15) is 17.8 Å². The maximum atomic E-state index is 12.6. The molecular weight excluding hydrogens is 221 g/mol. The Kier molecular flexibility index (Phi) is 3.40. The number of hydrogen-bond donors (Lipinski definition) is 1. The van der Waals surface area contributed by atoms with Crippen LogP contribution in [0.15, 0.2) is 42.9 Å². The molecule has 5 heteroatoms. The quantitative estimate of drug-likeness (QED) is 0.871. The number of nitrogens with one attached hydrogen (secondary N) is 1. The molecule has 0 atom stereocenters. The van der Waals surface area contributed by atoms with Crippen LogP contribution in [-0.2, 0) is 6.54 Å². The predicted molar refractivity (Wildman–Crippen MR) is 59.6 cm³/mol. The maximum Gasteiger partial charge on any atom is 0.270 e. The third-order valence-electron chi connectivity index (χ3n) is 2.18. The zero-order valence-corrected chi connectivity index (χ0v) is 8.93. The molecule has 86 valence electrons. The zero-order valence-electron chi connectivity index (χ0n) is 8.93. The van der Waals surface area contributed by atoms with E-state index >= 15 is 0 Å². The molecule has 1 aromatic carbocycles. The smallest absolute Gasteiger partial charge is 0.270 e. The summed E-state index contributed by atoms with van der Waals surface area (Å²) in [6, 6.07) is 7.48. The highest BCUT2D eigenvalue weighted by Gasteiger charge is 2.05. The Morgan fingerprint density at radius 2 is 2.00 bits per heavy atom. The van der Waals surface area contributed by atoms with E-state index in [0.29, 0.717) is 12.2 Å². The summed E-state index contributed by atoms with van der Waals surface area (Å²) in [7, 11) is 0. The van der Waals surface area contributed by atoms with Gasteiger partial charge in [-0.2, -0.15) is 0 Å². The summed E-state index contributed by atoms with van der Waals surface area (Å²) in [4.78, 5) is 19.2. The Morgan fingerprint density at radius 3 is 2.65 bits per heavy atom. The molecule has 0 aliphatic heterocycles. The number of carbonyl (C=O) groups is 1. The second-order valence-electron chi connectivity index (χ2n) is 3.40. The summed E-state index contributed by atoms with van der Waals surface area (Å²) in [5.74, 6) is -0.576. The average Bonchev–Trinajstić information content (AvgIpc) is 2.39. The van der Waals surface area contributed by atoms with Gasteiger partial charge in [0.05, 0.1) is 0 Å². The molecule has 0 spiro atoms. The summed E-state index contributed by atoms with van der Waals surface area (Å²) >= 11 is 0. The maximum absolute atomic E-state index is 12.6. The van der Waals surface area contributed by atoms with Crippen molar-refractivity contribution in [2.75, 3.05) is 0 Å². The van der Waals surface area contributed by atoms with Crippen LogP contribution in [0.1, 0.15) is 16.1 Å². The van der Waals surface area contributed by atoms with Gasteiger partial charge in [-0.25, -0.2) is 14.4 Å². The number of rotatable bonds is 3. The second-order valence-corrected chi connectivity index (χ2v) is 3.40. The zero-order chi connectivity index (χ0) is 12.1. The molecule has 1 heterocycles. The van der Waals surface area contributed by atoms with E-state index < -0.39 is 0 Å². The topological polar surface area (TPSA) is 54.9 Å². The fourth-order valence-electron chi connectivity index (χ4n) is 1.30. The van der Waals surface area contributed by atoms with Crippen LogP contribution >= 0.6 is 0 Å². The lowest BCUT2D eigenvalue weighted by atomic mass is 10.2. The molecule has 0 unspecified atom stereocenters. The van der Waals surface area contributed by atoms with Crippen molar-refractivity contribution in [3.05, 3.63) is 59.9 Å². The highest BCUT2D eigenvalue weighted by atomic mass is 19.1. The highest BCUT2D eigenvalue weighted by molar-refractivity contribution is 5.91. The van der Waals surface area contributed by atoms with E-state index in [1.54, 1.807) is 12.1 Å². The fourth-order valence-corrected chi connectivity index (χ4v) is 1.30. The largest absolute Gasteiger partial charge is 0.347 e. The minimum absolute atomic E-state index is 0.281. The molecule has 2 aromatic rings. The first-order valence-corrected chi connectivity index (χ1v) is 5.04. The molecule has 0 fully saturated rings. The van der Waals surface area contributed by atoms with E-state index in [0.717, 1.165) is 5.56 Å². The molecule has 1 amide bonds. The molecule has 2 rings (SSSR count). The first-order chi connectivity index (χ1) is 8.25. The van der Waals surface area contributed by atoms with Crippen LogP contribution < -0.4 is 5.32 Å². The first-order valence-electron chi connectivity index (χ1n) is 5.04. The Balaban J connectivity index is 1.95. The van der Waals surface area contributed by atoms with Crippen molar-refractivity contribution in [2.45, 2.75) is 6.54 Å². The number of amides is 1. The number of benzene rings is 1. The van der Waals surface area contributed by atoms with Gasteiger partial charge in [-0.3, -0.25) is 4.79 Å².